The summed E-state index contributed by atoms with van der Waals surface area (Å²) in [6.45, 7) is 2.42. The highest BCUT2D eigenvalue weighted by molar-refractivity contribution is 5.14. The number of hydrogen-bond acceptors (Lipinski definition) is 0. The van der Waals surface area contributed by atoms with E-state index < -0.39 is 17.7 Å². The van der Waals surface area contributed by atoms with Crippen molar-refractivity contribution in [2.24, 2.45) is 0 Å². The van der Waals surface area contributed by atoms with Crippen LogP contribution in [0.1, 0.15) is 20.3 Å². The van der Waals surface area contributed by atoms with Crippen molar-refractivity contribution in [1.29, 1.82) is 0 Å². The minimum absolute atomic E-state index is 0.303. The number of allylic oxidation sites excluding steroid dienone is 2. The van der Waals surface area contributed by atoms with E-state index in [4.69, 9.17) is 0 Å². The van der Waals surface area contributed by atoms with Crippen molar-refractivity contribution in [1.82, 2.24) is 0 Å². The van der Waals surface area contributed by atoms with Crippen LogP contribution < -0.4 is 0 Å². The molecule has 0 saturated heterocycles. The van der Waals surface area contributed by atoms with Gasteiger partial charge in [0.15, 0.2) is 0 Å². The first-order valence-corrected chi connectivity index (χ1v) is 3.37. The minimum atomic E-state index is -5.48. The van der Waals surface area contributed by atoms with Gasteiger partial charge in [0.05, 0.1) is 0 Å². The van der Waals surface area contributed by atoms with Crippen LogP contribution in [-0.4, -0.2) is 12.1 Å². The van der Waals surface area contributed by atoms with Gasteiger partial charge in [-0.2, -0.15) is 22.0 Å². The zero-order valence-electron chi connectivity index (χ0n) is 6.67. The van der Waals surface area contributed by atoms with E-state index in [-0.39, 0.29) is 6.42 Å². The lowest BCUT2D eigenvalue weighted by Crippen LogP contribution is -2.38. The van der Waals surface area contributed by atoms with E-state index >= 15 is 0 Å². The Morgan fingerprint density at radius 3 is 1.67 bits per heavy atom. The van der Waals surface area contributed by atoms with E-state index in [0.29, 0.717) is 0 Å². The van der Waals surface area contributed by atoms with Crippen LogP contribution in [0, 0.1) is 0 Å². The second-order valence-corrected chi connectivity index (χ2v) is 2.24. The molecule has 0 aromatic carbocycles. The average molecular weight is 188 g/mol. The standard InChI is InChI=1S/C7H9F5/c1-3-5(4-2)6(8,9)7(10,11)12/h3H,4H2,1-2H3/b5-3+. The van der Waals surface area contributed by atoms with Crippen LogP contribution in [-0.2, 0) is 0 Å². The van der Waals surface area contributed by atoms with Gasteiger partial charge in [-0.25, -0.2) is 0 Å². The first kappa shape index (κ1) is 11.4. The van der Waals surface area contributed by atoms with Gasteiger partial charge in [0.1, 0.15) is 0 Å². The van der Waals surface area contributed by atoms with Gasteiger partial charge in [-0.15, -0.1) is 0 Å². The van der Waals surface area contributed by atoms with Crippen molar-refractivity contribution < 1.29 is 22.0 Å². The van der Waals surface area contributed by atoms with Crippen molar-refractivity contribution in [3.05, 3.63) is 11.6 Å². The van der Waals surface area contributed by atoms with Gasteiger partial charge >= 0.3 is 12.1 Å². The van der Waals surface area contributed by atoms with E-state index in [2.05, 4.69) is 0 Å². The summed E-state index contributed by atoms with van der Waals surface area (Å²) in [7, 11) is 0. The SMILES string of the molecule is C/C=C(\CC)C(F)(F)C(F)(F)F. The largest absolute Gasteiger partial charge is 0.457 e. The van der Waals surface area contributed by atoms with E-state index in [0.717, 1.165) is 6.08 Å². The summed E-state index contributed by atoms with van der Waals surface area (Å²) in [5, 5.41) is 0. The predicted molar refractivity (Wildman–Crippen MR) is 35.0 cm³/mol. The predicted octanol–water partition coefficient (Wildman–Crippen LogP) is 3.54. The molecule has 0 heterocycles. The van der Waals surface area contributed by atoms with Crippen molar-refractivity contribution in [3.8, 4) is 0 Å². The zero-order chi connectivity index (χ0) is 9.99. The Balaban J connectivity index is 4.84. The fourth-order valence-corrected chi connectivity index (χ4v) is 0.789. The molecule has 12 heavy (non-hydrogen) atoms. The number of rotatable bonds is 2. The van der Waals surface area contributed by atoms with E-state index in [1.165, 1.54) is 13.8 Å². The fourth-order valence-electron chi connectivity index (χ4n) is 0.789. The Morgan fingerprint density at radius 1 is 1.17 bits per heavy atom. The molecule has 0 fully saturated rings. The summed E-state index contributed by atoms with van der Waals surface area (Å²) in [4.78, 5) is 0. The lowest BCUT2D eigenvalue weighted by Gasteiger charge is -2.21. The van der Waals surface area contributed by atoms with Crippen LogP contribution in [0.4, 0.5) is 22.0 Å². The van der Waals surface area contributed by atoms with Crippen LogP contribution in [0.5, 0.6) is 0 Å². The van der Waals surface area contributed by atoms with Gasteiger partial charge < -0.3 is 0 Å². The molecule has 0 spiro atoms. The van der Waals surface area contributed by atoms with Crippen molar-refractivity contribution >= 4 is 0 Å². The molecule has 0 aliphatic heterocycles. The summed E-state index contributed by atoms with van der Waals surface area (Å²) >= 11 is 0. The topological polar surface area (TPSA) is 0 Å². The minimum Gasteiger partial charge on any atom is -0.191 e. The Morgan fingerprint density at radius 2 is 1.58 bits per heavy atom. The third kappa shape index (κ3) is 1.95. The summed E-state index contributed by atoms with van der Waals surface area (Å²) in [6, 6.07) is 0. The molecule has 0 rings (SSSR count). The second kappa shape index (κ2) is 3.41. The first-order valence-electron chi connectivity index (χ1n) is 3.37. The van der Waals surface area contributed by atoms with Gasteiger partial charge in [0.25, 0.3) is 0 Å². The third-order valence-corrected chi connectivity index (χ3v) is 1.49. The van der Waals surface area contributed by atoms with Gasteiger partial charge in [-0.1, -0.05) is 13.0 Å². The first-order chi connectivity index (χ1) is 5.27. The van der Waals surface area contributed by atoms with E-state index in [1.54, 1.807) is 0 Å². The average Bonchev–Trinajstić information content (AvgIpc) is 1.87. The molecule has 0 unspecified atom stereocenters. The van der Waals surface area contributed by atoms with E-state index in [9.17, 15) is 22.0 Å². The molecule has 0 radical (unpaired) electrons. The molecule has 5 heteroatoms. The smallest absolute Gasteiger partial charge is 0.191 e. The van der Waals surface area contributed by atoms with Gasteiger partial charge in [-0.3, -0.25) is 0 Å². The van der Waals surface area contributed by atoms with Crippen LogP contribution in [0.25, 0.3) is 0 Å². The lowest BCUT2D eigenvalue weighted by molar-refractivity contribution is -0.265. The Hall–Kier alpha value is -0.610. The lowest BCUT2D eigenvalue weighted by atomic mass is 10.1. The Bertz CT molecular complexity index is 177. The van der Waals surface area contributed by atoms with E-state index in [1.807, 2.05) is 0 Å². The highest BCUT2D eigenvalue weighted by Crippen LogP contribution is 2.41. The molecule has 0 amide bonds. The monoisotopic (exact) mass is 188 g/mol. The molecule has 0 aromatic heterocycles. The molecular formula is C7H9F5. The quantitative estimate of drug-likeness (QED) is 0.459. The van der Waals surface area contributed by atoms with Crippen LogP contribution in [0.15, 0.2) is 11.6 Å². The van der Waals surface area contributed by atoms with Crippen molar-refractivity contribution in [3.63, 3.8) is 0 Å². The number of halogens is 5. The maximum atomic E-state index is 12.4. The number of hydrogen-bond donors (Lipinski definition) is 0. The maximum absolute atomic E-state index is 12.4. The van der Waals surface area contributed by atoms with Gasteiger partial charge in [-0.05, 0) is 13.3 Å². The van der Waals surface area contributed by atoms with Crippen LogP contribution in [0.2, 0.25) is 0 Å². The van der Waals surface area contributed by atoms with Gasteiger partial charge in [0.2, 0.25) is 0 Å². The number of alkyl halides is 5. The highest BCUT2D eigenvalue weighted by Gasteiger charge is 2.58. The molecule has 0 nitrogen and oxygen atoms in total. The molecule has 0 N–H and O–H groups in total. The Labute approximate surface area is 67.1 Å². The summed E-state index contributed by atoms with van der Waals surface area (Å²) in [5.74, 6) is -4.68. The summed E-state index contributed by atoms with van der Waals surface area (Å²) < 4.78 is 59.8. The molecule has 0 aliphatic rings. The van der Waals surface area contributed by atoms with Crippen LogP contribution in [0.3, 0.4) is 0 Å². The zero-order valence-corrected chi connectivity index (χ0v) is 6.67. The van der Waals surface area contributed by atoms with Gasteiger partial charge in [0, 0.05) is 5.57 Å². The maximum Gasteiger partial charge on any atom is 0.457 e. The van der Waals surface area contributed by atoms with Crippen molar-refractivity contribution in [2.45, 2.75) is 32.4 Å². The molecule has 72 valence electrons. The Kier molecular flexibility index (Phi) is 3.24. The summed E-state index contributed by atoms with van der Waals surface area (Å²) in [5.41, 5.74) is -0.894. The van der Waals surface area contributed by atoms with Crippen molar-refractivity contribution in [2.75, 3.05) is 0 Å². The third-order valence-electron chi connectivity index (χ3n) is 1.49. The molecule has 0 aliphatic carbocycles. The second-order valence-electron chi connectivity index (χ2n) is 2.24. The summed E-state index contributed by atoms with van der Waals surface area (Å²) in [6.07, 6.45) is -4.98. The normalized spacial score (nSPS) is 15.1. The molecule has 0 atom stereocenters. The molecular weight excluding hydrogens is 179 g/mol. The molecule has 0 bridgehead atoms. The fraction of sp³-hybridized carbons (Fsp3) is 0.714. The highest BCUT2D eigenvalue weighted by atomic mass is 19.4. The molecule has 0 saturated carbocycles. The van der Waals surface area contributed by atoms with Crippen LogP contribution >= 0.6 is 0 Å². The molecule has 0 aromatic rings.